The lowest BCUT2D eigenvalue weighted by Gasteiger charge is -2.12. The van der Waals surface area contributed by atoms with Gasteiger partial charge in [-0.05, 0) is 42.3 Å². The van der Waals surface area contributed by atoms with E-state index >= 15 is 0 Å². The van der Waals surface area contributed by atoms with Gasteiger partial charge in [0, 0.05) is 18.8 Å². The maximum atomic E-state index is 13.0. The Morgan fingerprint density at radius 1 is 1.03 bits per heavy atom. The van der Waals surface area contributed by atoms with Gasteiger partial charge in [-0.25, -0.2) is 14.8 Å². The second-order valence-electron chi connectivity index (χ2n) is 6.82. The predicted octanol–water partition coefficient (Wildman–Crippen LogP) is 2.52. The van der Waals surface area contributed by atoms with Crippen molar-refractivity contribution in [3.63, 3.8) is 0 Å². The van der Waals surface area contributed by atoms with Gasteiger partial charge in [0.25, 0.3) is 5.56 Å². The van der Waals surface area contributed by atoms with Crippen LogP contribution in [0.15, 0.2) is 64.3 Å². The fraction of sp³-hybridized carbons (Fsp3) is 0.182. The minimum atomic E-state index is -0.412. The van der Waals surface area contributed by atoms with Gasteiger partial charge in [0.05, 0.1) is 13.7 Å². The first-order valence-corrected chi connectivity index (χ1v) is 9.15. The highest BCUT2D eigenvalue weighted by Gasteiger charge is 2.15. The number of aryl methyl sites for hydroxylation is 2. The molecule has 0 radical (unpaired) electrons. The highest BCUT2D eigenvalue weighted by atomic mass is 16.5. The van der Waals surface area contributed by atoms with Crippen molar-refractivity contribution >= 4 is 11.0 Å². The van der Waals surface area contributed by atoms with Gasteiger partial charge in [-0.15, -0.1) is 0 Å². The van der Waals surface area contributed by atoms with Crippen molar-refractivity contribution in [1.29, 1.82) is 0 Å². The zero-order chi connectivity index (χ0) is 20.5. The molecule has 0 spiro atoms. The highest BCUT2D eigenvalue weighted by molar-refractivity contribution is 5.75. The molecule has 0 aliphatic carbocycles. The van der Waals surface area contributed by atoms with Crippen molar-refractivity contribution in [2.24, 2.45) is 7.05 Å². The molecule has 0 bridgehead atoms. The van der Waals surface area contributed by atoms with E-state index in [2.05, 4.69) is 9.97 Å². The number of methoxy groups -OCH3 is 1. The Labute approximate surface area is 166 Å². The average Bonchev–Trinajstić information content (AvgIpc) is 2.76. The quantitative estimate of drug-likeness (QED) is 0.537. The van der Waals surface area contributed by atoms with Crippen molar-refractivity contribution in [1.82, 2.24) is 19.1 Å². The van der Waals surface area contributed by atoms with Gasteiger partial charge < -0.3 is 4.74 Å². The van der Waals surface area contributed by atoms with Crippen LogP contribution in [-0.4, -0.2) is 26.2 Å². The number of benzene rings is 2. The van der Waals surface area contributed by atoms with Crippen LogP contribution in [-0.2, 0) is 13.6 Å². The third-order valence-electron chi connectivity index (χ3n) is 5.02. The zero-order valence-corrected chi connectivity index (χ0v) is 16.4. The fourth-order valence-electron chi connectivity index (χ4n) is 3.26. The molecule has 4 aromatic rings. The first kappa shape index (κ1) is 18.6. The topological polar surface area (TPSA) is 79.0 Å². The normalized spacial score (nSPS) is 11.0. The lowest BCUT2D eigenvalue weighted by atomic mass is 10.1. The molecule has 146 valence electrons. The highest BCUT2D eigenvalue weighted by Crippen LogP contribution is 2.20. The molecule has 0 fully saturated rings. The van der Waals surface area contributed by atoms with Crippen LogP contribution >= 0.6 is 0 Å². The lowest BCUT2D eigenvalue weighted by molar-refractivity contribution is 0.415. The number of hydrogen-bond donors (Lipinski definition) is 0. The molecule has 29 heavy (non-hydrogen) atoms. The lowest BCUT2D eigenvalue weighted by Crippen LogP contribution is -2.39. The maximum absolute atomic E-state index is 13.0. The molecular weight excluding hydrogens is 368 g/mol. The van der Waals surface area contributed by atoms with Crippen LogP contribution in [0, 0.1) is 6.92 Å². The van der Waals surface area contributed by atoms with Gasteiger partial charge in [0.2, 0.25) is 0 Å². The molecule has 2 aromatic heterocycles. The average molecular weight is 388 g/mol. The Balaban J connectivity index is 1.85. The molecule has 7 heteroatoms. The summed E-state index contributed by atoms with van der Waals surface area (Å²) in [6, 6.07) is 15.0. The van der Waals surface area contributed by atoms with Crippen LogP contribution in [0.25, 0.3) is 22.4 Å². The molecule has 0 amide bonds. The van der Waals surface area contributed by atoms with Crippen molar-refractivity contribution in [2.45, 2.75) is 13.5 Å². The van der Waals surface area contributed by atoms with Gasteiger partial charge >= 0.3 is 5.69 Å². The standard InChI is InChI=1S/C22H20N4O3/c1-14-6-4-5-7-16(14)13-26-21(27)18-12-23-19(24-20(18)25(2)22(26)28)15-8-10-17(29-3)11-9-15/h4-12H,13H2,1-3H3. The third kappa shape index (κ3) is 3.31. The summed E-state index contributed by atoms with van der Waals surface area (Å²) >= 11 is 0. The van der Waals surface area contributed by atoms with Crippen LogP contribution in [0.5, 0.6) is 5.75 Å². The van der Waals surface area contributed by atoms with Crippen molar-refractivity contribution < 1.29 is 4.74 Å². The summed E-state index contributed by atoms with van der Waals surface area (Å²) in [4.78, 5) is 34.7. The van der Waals surface area contributed by atoms with E-state index in [4.69, 9.17) is 4.74 Å². The molecule has 2 aromatic carbocycles. The van der Waals surface area contributed by atoms with Crippen molar-refractivity contribution in [2.75, 3.05) is 7.11 Å². The number of fused-ring (bicyclic) bond motifs is 1. The van der Waals surface area contributed by atoms with Crippen LogP contribution in [0.1, 0.15) is 11.1 Å². The Bertz CT molecular complexity index is 1320. The van der Waals surface area contributed by atoms with E-state index in [9.17, 15) is 9.59 Å². The summed E-state index contributed by atoms with van der Waals surface area (Å²) in [7, 11) is 3.21. The molecule has 0 aliphatic heterocycles. The molecule has 2 heterocycles. The van der Waals surface area contributed by atoms with E-state index in [0.717, 1.165) is 22.4 Å². The van der Waals surface area contributed by atoms with Crippen LogP contribution in [0.4, 0.5) is 0 Å². The molecule has 7 nitrogen and oxygen atoms in total. The zero-order valence-electron chi connectivity index (χ0n) is 16.4. The third-order valence-corrected chi connectivity index (χ3v) is 5.02. The molecule has 0 aliphatic rings. The smallest absolute Gasteiger partial charge is 0.332 e. The van der Waals surface area contributed by atoms with Crippen LogP contribution in [0.3, 0.4) is 0 Å². The number of ether oxygens (including phenoxy) is 1. The predicted molar refractivity (Wildman–Crippen MR) is 111 cm³/mol. The SMILES string of the molecule is COc1ccc(-c2ncc3c(=O)n(Cc4ccccc4C)c(=O)n(C)c3n2)cc1. The molecule has 0 atom stereocenters. The van der Waals surface area contributed by atoms with Gasteiger partial charge in [-0.1, -0.05) is 24.3 Å². The summed E-state index contributed by atoms with van der Waals surface area (Å²) in [5.41, 5.74) is 2.21. The number of aromatic nitrogens is 4. The minimum absolute atomic E-state index is 0.203. The molecule has 0 unspecified atom stereocenters. The molecule has 0 saturated heterocycles. The number of rotatable bonds is 4. The van der Waals surface area contributed by atoms with E-state index < -0.39 is 11.2 Å². The second-order valence-corrected chi connectivity index (χ2v) is 6.82. The van der Waals surface area contributed by atoms with Gasteiger partial charge in [-0.3, -0.25) is 13.9 Å². The molecule has 0 saturated carbocycles. The molecule has 4 rings (SSSR count). The monoisotopic (exact) mass is 388 g/mol. The summed E-state index contributed by atoms with van der Waals surface area (Å²) in [6.45, 7) is 2.16. The number of nitrogens with zero attached hydrogens (tertiary/aromatic N) is 4. The Hall–Kier alpha value is -3.74. The summed E-state index contributed by atoms with van der Waals surface area (Å²) in [5.74, 6) is 1.16. The summed E-state index contributed by atoms with van der Waals surface area (Å²) in [5, 5.41) is 0.304. The van der Waals surface area contributed by atoms with Crippen LogP contribution in [0.2, 0.25) is 0 Å². The maximum Gasteiger partial charge on any atom is 0.332 e. The summed E-state index contributed by atoms with van der Waals surface area (Å²) < 4.78 is 7.78. The van der Waals surface area contributed by atoms with Crippen LogP contribution < -0.4 is 16.0 Å². The van der Waals surface area contributed by atoms with Gasteiger partial charge in [-0.2, -0.15) is 0 Å². The minimum Gasteiger partial charge on any atom is -0.497 e. The molecule has 0 N–H and O–H groups in total. The van der Waals surface area contributed by atoms with E-state index in [-0.39, 0.29) is 6.54 Å². The molecular formula is C22H20N4O3. The first-order chi connectivity index (χ1) is 14.0. The van der Waals surface area contributed by atoms with Gasteiger partial charge in [0.15, 0.2) is 11.5 Å². The van der Waals surface area contributed by atoms with Gasteiger partial charge in [0.1, 0.15) is 11.1 Å². The number of hydrogen-bond acceptors (Lipinski definition) is 5. The van der Waals surface area contributed by atoms with E-state index in [1.54, 1.807) is 14.2 Å². The fourth-order valence-corrected chi connectivity index (χ4v) is 3.26. The van der Waals surface area contributed by atoms with Crippen molar-refractivity contribution in [3.05, 3.63) is 86.7 Å². The van der Waals surface area contributed by atoms with E-state index in [0.29, 0.717) is 16.9 Å². The first-order valence-electron chi connectivity index (χ1n) is 9.15. The Morgan fingerprint density at radius 3 is 2.45 bits per heavy atom. The summed E-state index contributed by atoms with van der Waals surface area (Å²) in [6.07, 6.45) is 1.48. The Kier molecular flexibility index (Phi) is 4.72. The van der Waals surface area contributed by atoms with E-state index in [1.165, 1.54) is 15.3 Å². The second kappa shape index (κ2) is 7.35. The largest absolute Gasteiger partial charge is 0.497 e. The Morgan fingerprint density at radius 2 is 1.76 bits per heavy atom. The van der Waals surface area contributed by atoms with E-state index in [1.807, 2.05) is 55.5 Å². The van der Waals surface area contributed by atoms with Crippen molar-refractivity contribution in [3.8, 4) is 17.1 Å².